The molecule has 7 amide bonds. The number of amides is 7. The number of benzene rings is 1. The lowest BCUT2D eigenvalue weighted by atomic mass is 10.1. The van der Waals surface area contributed by atoms with E-state index in [1.54, 1.807) is 25.2 Å². The van der Waals surface area contributed by atoms with E-state index in [9.17, 15) is 47.9 Å². The van der Waals surface area contributed by atoms with Gasteiger partial charge in [-0.15, -0.1) is 0 Å². The van der Waals surface area contributed by atoms with Gasteiger partial charge in [0.15, 0.2) is 0 Å². The van der Waals surface area contributed by atoms with Crippen molar-refractivity contribution in [3.05, 3.63) is 29.3 Å². The molecule has 1 saturated heterocycles. The molecule has 0 spiro atoms. The van der Waals surface area contributed by atoms with Crippen molar-refractivity contribution in [3.8, 4) is 0 Å². The quantitative estimate of drug-likeness (QED) is 0.0260. The summed E-state index contributed by atoms with van der Waals surface area (Å²) >= 11 is 0. The number of rotatable bonds is 25. The summed E-state index contributed by atoms with van der Waals surface area (Å²) in [5.41, 5.74) is 6.34. The highest BCUT2D eigenvalue weighted by Gasteiger charge is 2.28. The molecule has 0 aliphatic carbocycles. The number of nitrogens with zero attached hydrogens (tertiary/aromatic N) is 3. The lowest BCUT2D eigenvalue weighted by Crippen LogP contribution is -2.41. The zero-order chi connectivity index (χ0) is 46.8. The molecule has 1 aliphatic heterocycles. The van der Waals surface area contributed by atoms with Gasteiger partial charge in [-0.2, -0.15) is 0 Å². The predicted molar refractivity (Wildman–Crippen MR) is 219 cm³/mol. The molecule has 23 nitrogen and oxygen atoms in total. The molecule has 344 valence electrons. The van der Waals surface area contributed by atoms with E-state index in [0.29, 0.717) is 48.8 Å². The average Bonchev–Trinajstić information content (AvgIpc) is 3.53. The van der Waals surface area contributed by atoms with Crippen LogP contribution in [0.3, 0.4) is 0 Å². The summed E-state index contributed by atoms with van der Waals surface area (Å²) in [6, 6.07) is 3.45. The number of likely N-dealkylation sites (tertiary alicyclic amines) is 1. The van der Waals surface area contributed by atoms with E-state index in [4.69, 9.17) is 25.8 Å². The van der Waals surface area contributed by atoms with Crippen molar-refractivity contribution < 1.29 is 72.7 Å². The molecule has 1 aliphatic rings. The van der Waals surface area contributed by atoms with Crippen LogP contribution in [0.25, 0.3) is 0 Å². The number of likely N-dealkylation sites (N-methyl/N-ethyl adjacent to an activating group) is 2. The Bertz CT molecular complexity index is 1550. The highest BCUT2D eigenvalue weighted by atomic mass is 16.7. The van der Waals surface area contributed by atoms with Crippen LogP contribution >= 0.6 is 0 Å². The van der Waals surface area contributed by atoms with Gasteiger partial charge < -0.3 is 66.3 Å². The van der Waals surface area contributed by atoms with E-state index in [2.05, 4.69) is 39.9 Å². The second kappa shape index (κ2) is 34.8. The lowest BCUT2D eigenvalue weighted by molar-refractivity contribution is -0.141. The third-order valence-electron chi connectivity index (χ3n) is 7.81. The second-order valence-electron chi connectivity index (χ2n) is 12.8. The number of primary amides is 1. The van der Waals surface area contributed by atoms with Crippen molar-refractivity contribution in [2.75, 3.05) is 79.0 Å². The van der Waals surface area contributed by atoms with E-state index in [-0.39, 0.29) is 95.4 Å². The maximum Gasteiger partial charge on any atom is 0.506 e. The van der Waals surface area contributed by atoms with Gasteiger partial charge in [0, 0.05) is 52.2 Å². The van der Waals surface area contributed by atoms with Gasteiger partial charge in [0.05, 0.1) is 52.0 Å². The zero-order valence-electron chi connectivity index (χ0n) is 35.4. The minimum Gasteiger partial charge on any atom is -0.480 e. The smallest absolute Gasteiger partial charge is 0.480 e. The third kappa shape index (κ3) is 27.4. The Labute approximate surface area is 354 Å². The summed E-state index contributed by atoms with van der Waals surface area (Å²) in [7, 11) is 4.08. The van der Waals surface area contributed by atoms with Crippen LogP contribution in [0.2, 0.25) is 0 Å². The van der Waals surface area contributed by atoms with Gasteiger partial charge in [0.1, 0.15) is 19.2 Å². The van der Waals surface area contributed by atoms with E-state index < -0.39 is 36.6 Å². The molecule has 1 heterocycles. The van der Waals surface area contributed by atoms with Crippen LogP contribution in [-0.4, -0.2) is 170 Å². The van der Waals surface area contributed by atoms with Crippen molar-refractivity contribution in [1.82, 2.24) is 30.7 Å². The number of hydrogen-bond acceptors (Lipinski definition) is 15. The van der Waals surface area contributed by atoms with Crippen molar-refractivity contribution >= 4 is 66.0 Å². The van der Waals surface area contributed by atoms with Gasteiger partial charge in [-0.1, -0.05) is 26.3 Å². The van der Waals surface area contributed by atoms with Crippen LogP contribution in [0, 0.1) is 0 Å². The first kappa shape index (κ1) is 57.1. The van der Waals surface area contributed by atoms with Gasteiger partial charge in [-0.25, -0.2) is 9.59 Å². The van der Waals surface area contributed by atoms with Crippen molar-refractivity contribution in [1.29, 1.82) is 0 Å². The number of ether oxygens (including phenoxy) is 2. The third-order valence-corrected chi connectivity index (χ3v) is 7.81. The molecule has 0 bridgehead atoms. The molecule has 0 aromatic heterocycles. The molecule has 0 radical (unpaired) electrons. The number of nitrogens with two attached hydrogens (primary N) is 1. The van der Waals surface area contributed by atoms with Gasteiger partial charge in [-0.3, -0.25) is 38.6 Å². The Balaban J connectivity index is 0. The van der Waals surface area contributed by atoms with Crippen LogP contribution in [0.5, 0.6) is 0 Å². The van der Waals surface area contributed by atoms with E-state index in [0.717, 1.165) is 12.0 Å². The number of aliphatic hydroxyl groups is 1. The van der Waals surface area contributed by atoms with Gasteiger partial charge in [-0.05, 0) is 43.1 Å². The normalized spacial score (nSPS) is 11.9. The first-order valence-electron chi connectivity index (χ1n) is 19.2. The molecule has 9 N–H and O–H groups in total. The largest absolute Gasteiger partial charge is 0.506 e. The molecule has 2 rings (SSSR count). The maximum atomic E-state index is 12.7. The minimum atomic E-state index is -1.49. The Hall–Kier alpha value is -6.04. The molecular formula is C38H62N8O15. The standard InChI is InChI=1S/C23H34N6O9.C11H16N2O5.C3H8.CH4O/c1-25-18(4-3-7-26-22(24)35)21(34)27-17-6-5-15(14-38-23(36)37)16(10-17)11-28(2)19(31)12-29(8-9-30)13-20(32)33;14-6-4-12-9(15)3-7-18-8-5-13-10(16)1-2-11(13)17;1-3-2;1-2/h5-6,9-10,18,25H,3-4,7-8,11-14H2,1-2H3,(H,27,34)(H,32,33)(H,36,37)(H3,24,26,35);6H,1-5,7-8H2,(H,12,15);3H2,1-2H3;2H,1H3/t18-;;;/m0.../s1. The summed E-state index contributed by atoms with van der Waals surface area (Å²) in [5.74, 6) is -2.64. The topological polar surface area (TPSA) is 334 Å². The summed E-state index contributed by atoms with van der Waals surface area (Å²) in [4.78, 5) is 116. The Morgan fingerprint density at radius 2 is 1.59 bits per heavy atom. The molecule has 0 unspecified atom stereocenters. The average molecular weight is 871 g/mol. The minimum absolute atomic E-state index is 0.00435. The fourth-order valence-electron chi connectivity index (χ4n) is 4.96. The molecule has 1 atom stereocenters. The molecule has 1 fully saturated rings. The lowest BCUT2D eigenvalue weighted by Gasteiger charge is -2.24. The number of carbonyl (C=O) groups is 10. The van der Waals surface area contributed by atoms with E-state index in [1.165, 1.54) is 23.3 Å². The van der Waals surface area contributed by atoms with Crippen LogP contribution in [0.4, 0.5) is 15.3 Å². The number of carboxylic acid groups (broad SMARTS) is 2. The fourth-order valence-corrected chi connectivity index (χ4v) is 4.96. The first-order chi connectivity index (χ1) is 29.0. The molecule has 23 heteroatoms. The molecular weight excluding hydrogens is 808 g/mol. The number of hydrogen-bond donors (Lipinski definition) is 8. The van der Waals surface area contributed by atoms with Crippen molar-refractivity contribution in [2.24, 2.45) is 5.73 Å². The van der Waals surface area contributed by atoms with Crippen LogP contribution in [0.15, 0.2) is 18.2 Å². The summed E-state index contributed by atoms with van der Waals surface area (Å²) in [6.45, 7) is 3.82. The van der Waals surface area contributed by atoms with E-state index >= 15 is 0 Å². The summed E-state index contributed by atoms with van der Waals surface area (Å²) in [6.07, 6.45) is 2.45. The van der Waals surface area contributed by atoms with Crippen molar-refractivity contribution in [2.45, 2.75) is 71.6 Å². The number of aliphatic carboxylic acids is 1. The first-order valence-corrected chi connectivity index (χ1v) is 19.2. The molecule has 61 heavy (non-hydrogen) atoms. The highest BCUT2D eigenvalue weighted by Crippen LogP contribution is 2.20. The van der Waals surface area contributed by atoms with Gasteiger partial charge >= 0.3 is 18.2 Å². The van der Waals surface area contributed by atoms with Crippen molar-refractivity contribution in [3.63, 3.8) is 0 Å². The number of nitrogens with one attached hydrogen (secondary N) is 4. The zero-order valence-corrected chi connectivity index (χ0v) is 35.4. The number of aldehydes is 2. The number of aliphatic hydroxyl groups excluding tert-OH is 1. The molecule has 1 aromatic carbocycles. The Morgan fingerprint density at radius 1 is 0.951 bits per heavy atom. The fraction of sp³-hybridized carbons (Fsp3) is 0.579. The maximum absolute atomic E-state index is 12.7. The second-order valence-corrected chi connectivity index (χ2v) is 12.8. The van der Waals surface area contributed by atoms with Crippen LogP contribution in [0.1, 0.15) is 63.5 Å². The highest BCUT2D eigenvalue weighted by molar-refractivity contribution is 6.01. The van der Waals surface area contributed by atoms with Crippen LogP contribution in [-0.2, 0) is 61.0 Å². The SMILES string of the molecule is CCC.CN[C@@H](CCCNC(N)=O)C(=O)Nc1ccc(COC(=O)O)c(CN(C)C(=O)CN(CC=O)CC(=O)O)c1.CO.O=CCNC(=O)CCOCCN1C(=O)CCC1=O. The predicted octanol–water partition coefficient (Wildman–Crippen LogP) is -0.718. The summed E-state index contributed by atoms with van der Waals surface area (Å²) < 4.78 is 9.81. The summed E-state index contributed by atoms with van der Waals surface area (Å²) in [5, 5.41) is 35.3. The number of urea groups is 1. The molecule has 1 aromatic rings. The Kier molecular flexibility index (Phi) is 32.5. The Morgan fingerprint density at radius 3 is 2.13 bits per heavy atom. The number of carbonyl (C=O) groups excluding carboxylic acids is 8. The van der Waals surface area contributed by atoms with Gasteiger partial charge in [0.2, 0.25) is 29.5 Å². The van der Waals surface area contributed by atoms with Crippen LogP contribution < -0.4 is 27.0 Å². The van der Waals surface area contributed by atoms with E-state index in [1.807, 2.05) is 0 Å². The molecule has 0 saturated carbocycles. The number of imide groups is 1. The number of carboxylic acids is 1. The van der Waals surface area contributed by atoms with Gasteiger partial charge in [0.25, 0.3) is 0 Å². The monoisotopic (exact) mass is 870 g/mol. The number of anilines is 1.